The standard InChI is InChI=1S/C13H20O/c1-11(2)7-8-14-10-13-6-4-5-12(3)9-13/h4-6,9,11H,7-8,10H2,1-3H3. The lowest BCUT2D eigenvalue weighted by Crippen LogP contribution is -1.99. The van der Waals surface area contributed by atoms with E-state index in [4.69, 9.17) is 4.74 Å². The van der Waals surface area contributed by atoms with E-state index in [9.17, 15) is 0 Å². The summed E-state index contributed by atoms with van der Waals surface area (Å²) in [6, 6.07) is 8.48. The number of hydrogen-bond donors (Lipinski definition) is 0. The van der Waals surface area contributed by atoms with Crippen LogP contribution in [0.15, 0.2) is 24.3 Å². The largest absolute Gasteiger partial charge is 0.377 e. The number of benzene rings is 1. The molecule has 0 atom stereocenters. The predicted molar refractivity (Wildman–Crippen MR) is 60.3 cm³/mol. The molecule has 1 nitrogen and oxygen atoms in total. The molecule has 0 N–H and O–H groups in total. The van der Waals surface area contributed by atoms with Crippen LogP contribution in [-0.2, 0) is 11.3 Å². The van der Waals surface area contributed by atoms with Crippen molar-refractivity contribution in [3.05, 3.63) is 35.4 Å². The monoisotopic (exact) mass is 192 g/mol. The molecule has 14 heavy (non-hydrogen) atoms. The average molecular weight is 192 g/mol. The third-order valence-corrected chi connectivity index (χ3v) is 2.19. The third kappa shape index (κ3) is 4.43. The summed E-state index contributed by atoms with van der Waals surface area (Å²) in [4.78, 5) is 0. The summed E-state index contributed by atoms with van der Waals surface area (Å²) in [5.41, 5.74) is 2.57. The molecule has 0 unspecified atom stereocenters. The maximum Gasteiger partial charge on any atom is 0.0716 e. The Balaban J connectivity index is 2.25. The summed E-state index contributed by atoms with van der Waals surface area (Å²) in [6.07, 6.45) is 1.14. The van der Waals surface area contributed by atoms with E-state index in [1.807, 2.05) is 0 Å². The Labute approximate surface area is 87.1 Å². The first-order valence-electron chi connectivity index (χ1n) is 5.32. The Kier molecular flexibility index (Phi) is 4.68. The smallest absolute Gasteiger partial charge is 0.0716 e. The maximum atomic E-state index is 5.59. The molecular weight excluding hydrogens is 172 g/mol. The zero-order valence-electron chi connectivity index (χ0n) is 9.42. The summed E-state index contributed by atoms with van der Waals surface area (Å²) < 4.78 is 5.59. The highest BCUT2D eigenvalue weighted by molar-refractivity contribution is 5.21. The maximum absolute atomic E-state index is 5.59. The molecule has 0 amide bonds. The van der Waals surface area contributed by atoms with Gasteiger partial charge in [-0.15, -0.1) is 0 Å². The minimum Gasteiger partial charge on any atom is -0.377 e. The van der Waals surface area contributed by atoms with Crippen LogP contribution in [0.4, 0.5) is 0 Å². The van der Waals surface area contributed by atoms with Gasteiger partial charge in [0, 0.05) is 6.61 Å². The zero-order chi connectivity index (χ0) is 10.4. The predicted octanol–water partition coefficient (Wildman–Crippen LogP) is 3.56. The quantitative estimate of drug-likeness (QED) is 0.648. The molecule has 0 aliphatic heterocycles. The molecule has 1 aromatic rings. The van der Waals surface area contributed by atoms with Crippen LogP contribution in [0.1, 0.15) is 31.4 Å². The second-order valence-electron chi connectivity index (χ2n) is 4.22. The summed E-state index contributed by atoms with van der Waals surface area (Å²) in [5.74, 6) is 0.729. The normalized spacial score (nSPS) is 10.9. The van der Waals surface area contributed by atoms with Gasteiger partial charge in [-0.2, -0.15) is 0 Å². The number of aryl methyl sites for hydroxylation is 1. The van der Waals surface area contributed by atoms with Crippen LogP contribution in [0.3, 0.4) is 0 Å². The Morgan fingerprint density at radius 1 is 1.29 bits per heavy atom. The Hall–Kier alpha value is -0.820. The van der Waals surface area contributed by atoms with Gasteiger partial charge in [-0.25, -0.2) is 0 Å². The Bertz CT molecular complexity index is 266. The van der Waals surface area contributed by atoms with Crippen molar-refractivity contribution in [3.8, 4) is 0 Å². The van der Waals surface area contributed by atoms with Gasteiger partial charge in [-0.3, -0.25) is 0 Å². The zero-order valence-corrected chi connectivity index (χ0v) is 9.42. The van der Waals surface area contributed by atoms with Gasteiger partial charge >= 0.3 is 0 Å². The summed E-state index contributed by atoms with van der Waals surface area (Å²) >= 11 is 0. The summed E-state index contributed by atoms with van der Waals surface area (Å²) in [7, 11) is 0. The van der Waals surface area contributed by atoms with Gasteiger partial charge in [0.2, 0.25) is 0 Å². The molecule has 0 bridgehead atoms. The van der Waals surface area contributed by atoms with E-state index < -0.39 is 0 Å². The van der Waals surface area contributed by atoms with Crippen molar-refractivity contribution < 1.29 is 4.74 Å². The van der Waals surface area contributed by atoms with E-state index in [-0.39, 0.29) is 0 Å². The summed E-state index contributed by atoms with van der Waals surface area (Å²) in [6.45, 7) is 8.16. The van der Waals surface area contributed by atoms with Crippen molar-refractivity contribution in [3.63, 3.8) is 0 Å². The van der Waals surface area contributed by atoms with Gasteiger partial charge in [-0.1, -0.05) is 43.7 Å². The van der Waals surface area contributed by atoms with Crippen LogP contribution >= 0.6 is 0 Å². The molecule has 1 rings (SSSR count). The first-order valence-corrected chi connectivity index (χ1v) is 5.32. The molecule has 0 aliphatic rings. The van der Waals surface area contributed by atoms with E-state index in [1.54, 1.807) is 0 Å². The van der Waals surface area contributed by atoms with Crippen LogP contribution in [0.2, 0.25) is 0 Å². The van der Waals surface area contributed by atoms with Gasteiger partial charge in [0.15, 0.2) is 0 Å². The lowest BCUT2D eigenvalue weighted by atomic mass is 10.1. The van der Waals surface area contributed by atoms with Crippen molar-refractivity contribution in [1.82, 2.24) is 0 Å². The van der Waals surface area contributed by atoms with Crippen molar-refractivity contribution in [2.45, 2.75) is 33.8 Å². The van der Waals surface area contributed by atoms with Gasteiger partial charge in [0.1, 0.15) is 0 Å². The molecule has 0 heterocycles. The van der Waals surface area contributed by atoms with E-state index >= 15 is 0 Å². The highest BCUT2D eigenvalue weighted by Crippen LogP contribution is 2.06. The number of ether oxygens (including phenoxy) is 1. The molecular formula is C13H20O. The lowest BCUT2D eigenvalue weighted by Gasteiger charge is -2.06. The minimum absolute atomic E-state index is 0.729. The van der Waals surface area contributed by atoms with Crippen molar-refractivity contribution in [1.29, 1.82) is 0 Å². The fraction of sp³-hybridized carbons (Fsp3) is 0.538. The fourth-order valence-corrected chi connectivity index (χ4v) is 1.31. The molecule has 0 saturated heterocycles. The molecule has 78 valence electrons. The van der Waals surface area contributed by atoms with Crippen LogP contribution < -0.4 is 0 Å². The van der Waals surface area contributed by atoms with Crippen LogP contribution in [0.5, 0.6) is 0 Å². The number of hydrogen-bond acceptors (Lipinski definition) is 1. The van der Waals surface area contributed by atoms with E-state index in [0.29, 0.717) is 0 Å². The highest BCUT2D eigenvalue weighted by Gasteiger charge is 1.95. The second kappa shape index (κ2) is 5.82. The van der Waals surface area contributed by atoms with Gasteiger partial charge in [0.05, 0.1) is 6.61 Å². The van der Waals surface area contributed by atoms with Crippen molar-refractivity contribution >= 4 is 0 Å². The van der Waals surface area contributed by atoms with Crippen molar-refractivity contribution in [2.24, 2.45) is 5.92 Å². The molecule has 0 spiro atoms. The van der Waals surface area contributed by atoms with Crippen molar-refractivity contribution in [2.75, 3.05) is 6.61 Å². The molecule has 1 aromatic carbocycles. The molecule has 0 radical (unpaired) electrons. The van der Waals surface area contributed by atoms with Gasteiger partial charge in [0.25, 0.3) is 0 Å². The average Bonchev–Trinajstić information content (AvgIpc) is 2.12. The van der Waals surface area contributed by atoms with E-state index in [0.717, 1.165) is 25.6 Å². The first-order chi connectivity index (χ1) is 6.68. The fourth-order valence-electron chi connectivity index (χ4n) is 1.31. The first kappa shape index (κ1) is 11.3. The second-order valence-corrected chi connectivity index (χ2v) is 4.22. The van der Waals surface area contributed by atoms with E-state index in [2.05, 4.69) is 45.0 Å². The van der Waals surface area contributed by atoms with Gasteiger partial charge < -0.3 is 4.74 Å². The molecule has 0 fully saturated rings. The van der Waals surface area contributed by atoms with Crippen LogP contribution in [-0.4, -0.2) is 6.61 Å². The molecule has 0 aromatic heterocycles. The number of rotatable bonds is 5. The molecule has 0 aliphatic carbocycles. The minimum atomic E-state index is 0.729. The molecule has 1 heteroatoms. The van der Waals surface area contributed by atoms with Crippen LogP contribution in [0, 0.1) is 12.8 Å². The topological polar surface area (TPSA) is 9.23 Å². The van der Waals surface area contributed by atoms with Crippen LogP contribution in [0.25, 0.3) is 0 Å². The van der Waals surface area contributed by atoms with E-state index in [1.165, 1.54) is 11.1 Å². The Morgan fingerprint density at radius 2 is 2.07 bits per heavy atom. The van der Waals surface area contributed by atoms with Gasteiger partial charge in [-0.05, 0) is 24.8 Å². The Morgan fingerprint density at radius 3 is 2.71 bits per heavy atom. The third-order valence-electron chi connectivity index (χ3n) is 2.19. The molecule has 0 saturated carbocycles. The lowest BCUT2D eigenvalue weighted by molar-refractivity contribution is 0.110. The SMILES string of the molecule is Cc1cccc(COCCC(C)C)c1. The summed E-state index contributed by atoms with van der Waals surface area (Å²) in [5, 5.41) is 0. The highest BCUT2D eigenvalue weighted by atomic mass is 16.5.